The molecule has 0 bridgehead atoms. The average Bonchev–Trinajstić information content (AvgIpc) is 3.33. The molecule has 6 nitrogen and oxygen atoms in total. The monoisotopic (exact) mass is 939 g/mol. The first-order chi connectivity index (χ1) is 33.0. The van der Waals surface area contributed by atoms with Crippen LogP contribution in [-0.2, 0) is 28.6 Å². The second-order valence-electron chi connectivity index (χ2n) is 19.5. The van der Waals surface area contributed by atoms with Crippen molar-refractivity contribution in [2.24, 2.45) is 0 Å². The van der Waals surface area contributed by atoms with Crippen LogP contribution in [0.3, 0.4) is 0 Å². The molecule has 0 fully saturated rings. The highest BCUT2D eigenvalue weighted by Gasteiger charge is 2.19. The molecule has 0 aromatic carbocycles. The minimum atomic E-state index is -0.790. The number of allylic oxidation sites excluding steroid dienone is 8. The fourth-order valence-corrected chi connectivity index (χ4v) is 8.49. The molecule has 390 valence electrons. The van der Waals surface area contributed by atoms with Crippen molar-refractivity contribution < 1.29 is 28.6 Å². The van der Waals surface area contributed by atoms with Gasteiger partial charge < -0.3 is 14.2 Å². The molecule has 0 aromatic heterocycles. The molecular weight excluding hydrogens is 829 g/mol. The maximum absolute atomic E-state index is 12.8. The SMILES string of the molecule is CC/C=C\C/C=C\C/C=C\C/C=C\CCCCC(=O)OC(COC(=O)CCCCCCCCCC)COC(=O)CCCCCCCCCCCCCCCCCCCCCCCCCCCC. The van der Waals surface area contributed by atoms with Gasteiger partial charge in [0.25, 0.3) is 0 Å². The van der Waals surface area contributed by atoms with E-state index in [0.29, 0.717) is 19.3 Å². The Labute approximate surface area is 416 Å². The Morgan fingerprint density at radius 3 is 0.910 bits per heavy atom. The van der Waals surface area contributed by atoms with Crippen molar-refractivity contribution in [1.29, 1.82) is 0 Å². The highest BCUT2D eigenvalue weighted by molar-refractivity contribution is 5.71. The third-order valence-electron chi connectivity index (χ3n) is 12.8. The summed E-state index contributed by atoms with van der Waals surface area (Å²) >= 11 is 0. The molecule has 67 heavy (non-hydrogen) atoms. The third-order valence-corrected chi connectivity index (χ3v) is 12.8. The van der Waals surface area contributed by atoms with Gasteiger partial charge >= 0.3 is 17.9 Å². The first-order valence-corrected chi connectivity index (χ1v) is 29.1. The molecule has 0 N–H and O–H groups in total. The summed E-state index contributed by atoms with van der Waals surface area (Å²) in [6, 6.07) is 0. The van der Waals surface area contributed by atoms with Crippen molar-refractivity contribution in [1.82, 2.24) is 0 Å². The van der Waals surface area contributed by atoms with Crippen LogP contribution in [0.25, 0.3) is 0 Å². The molecule has 0 aliphatic rings. The number of hydrogen-bond donors (Lipinski definition) is 0. The Balaban J connectivity index is 4.14. The number of unbranched alkanes of at least 4 members (excludes halogenated alkanes) is 34. The highest BCUT2D eigenvalue weighted by Crippen LogP contribution is 2.17. The quantitative estimate of drug-likeness (QED) is 0.0262. The van der Waals surface area contributed by atoms with Crippen LogP contribution in [0, 0.1) is 0 Å². The van der Waals surface area contributed by atoms with Crippen LogP contribution in [-0.4, -0.2) is 37.2 Å². The molecule has 0 aromatic rings. The largest absolute Gasteiger partial charge is 0.462 e. The second-order valence-corrected chi connectivity index (χ2v) is 19.5. The molecule has 0 saturated carbocycles. The lowest BCUT2D eigenvalue weighted by atomic mass is 10.0. The summed E-state index contributed by atoms with van der Waals surface area (Å²) in [5.74, 6) is -0.920. The summed E-state index contributed by atoms with van der Waals surface area (Å²) in [4.78, 5) is 37.9. The van der Waals surface area contributed by atoms with E-state index in [1.165, 1.54) is 180 Å². The van der Waals surface area contributed by atoms with Crippen LogP contribution in [0.4, 0.5) is 0 Å². The van der Waals surface area contributed by atoms with Crippen molar-refractivity contribution >= 4 is 17.9 Å². The summed E-state index contributed by atoms with van der Waals surface area (Å²) in [5, 5.41) is 0. The van der Waals surface area contributed by atoms with E-state index in [1.807, 2.05) is 0 Å². The molecule has 1 atom stereocenters. The van der Waals surface area contributed by atoms with Crippen molar-refractivity contribution in [3.8, 4) is 0 Å². The van der Waals surface area contributed by atoms with Crippen LogP contribution in [0.2, 0.25) is 0 Å². The van der Waals surface area contributed by atoms with Gasteiger partial charge in [-0.1, -0.05) is 275 Å². The van der Waals surface area contributed by atoms with Gasteiger partial charge in [0.15, 0.2) is 6.10 Å². The maximum Gasteiger partial charge on any atom is 0.306 e. The highest BCUT2D eigenvalue weighted by atomic mass is 16.6. The van der Waals surface area contributed by atoms with Crippen molar-refractivity contribution in [2.45, 2.75) is 309 Å². The van der Waals surface area contributed by atoms with Crippen molar-refractivity contribution in [3.63, 3.8) is 0 Å². The summed E-state index contributed by atoms with van der Waals surface area (Å²) in [5.41, 5.74) is 0. The van der Waals surface area contributed by atoms with E-state index >= 15 is 0 Å². The lowest BCUT2D eigenvalue weighted by molar-refractivity contribution is -0.167. The Bertz CT molecular complexity index is 1170. The Morgan fingerprint density at radius 1 is 0.313 bits per heavy atom. The Kier molecular flexibility index (Phi) is 53.8. The van der Waals surface area contributed by atoms with E-state index in [-0.39, 0.29) is 37.5 Å². The van der Waals surface area contributed by atoms with E-state index in [9.17, 15) is 14.4 Å². The Hall–Kier alpha value is -2.63. The molecule has 0 heterocycles. The number of hydrogen-bond acceptors (Lipinski definition) is 6. The summed E-state index contributed by atoms with van der Waals surface area (Å²) in [6.45, 7) is 6.49. The van der Waals surface area contributed by atoms with Gasteiger partial charge in [-0.25, -0.2) is 0 Å². The van der Waals surface area contributed by atoms with E-state index in [1.54, 1.807) is 0 Å². The van der Waals surface area contributed by atoms with Gasteiger partial charge in [-0.2, -0.15) is 0 Å². The van der Waals surface area contributed by atoms with Crippen molar-refractivity contribution in [3.05, 3.63) is 48.6 Å². The van der Waals surface area contributed by atoms with Crippen LogP contribution in [0.5, 0.6) is 0 Å². The first-order valence-electron chi connectivity index (χ1n) is 29.1. The fraction of sp³-hybridized carbons (Fsp3) is 0.820. The molecule has 0 amide bonds. The minimum Gasteiger partial charge on any atom is -0.462 e. The van der Waals surface area contributed by atoms with Crippen LogP contribution < -0.4 is 0 Å². The maximum atomic E-state index is 12.8. The normalized spacial score (nSPS) is 12.3. The van der Waals surface area contributed by atoms with Gasteiger partial charge in [-0.15, -0.1) is 0 Å². The number of rotatable bonds is 53. The summed E-state index contributed by atoms with van der Waals surface area (Å²) < 4.78 is 16.8. The number of carbonyl (C=O) groups is 3. The number of esters is 3. The lowest BCUT2D eigenvalue weighted by Crippen LogP contribution is -2.30. The third kappa shape index (κ3) is 54.2. The second kappa shape index (κ2) is 56.0. The van der Waals surface area contributed by atoms with Gasteiger partial charge in [-0.05, 0) is 57.8 Å². The molecule has 0 rings (SSSR count). The van der Waals surface area contributed by atoms with Gasteiger partial charge in [0.1, 0.15) is 13.2 Å². The van der Waals surface area contributed by atoms with E-state index in [0.717, 1.165) is 77.0 Å². The van der Waals surface area contributed by atoms with Gasteiger partial charge in [0, 0.05) is 19.3 Å². The van der Waals surface area contributed by atoms with Gasteiger partial charge in [0.05, 0.1) is 0 Å². The summed E-state index contributed by atoms with van der Waals surface area (Å²) in [6.07, 6.45) is 68.6. The molecule has 0 radical (unpaired) electrons. The predicted octanol–water partition coefficient (Wildman–Crippen LogP) is 19.4. The molecule has 0 spiro atoms. The average molecular weight is 940 g/mol. The first kappa shape index (κ1) is 64.4. The molecule has 1 unspecified atom stereocenters. The van der Waals surface area contributed by atoms with Gasteiger partial charge in [-0.3, -0.25) is 14.4 Å². The zero-order valence-corrected chi connectivity index (χ0v) is 44.7. The molecule has 6 heteroatoms. The molecular formula is C61H110O6. The fourth-order valence-electron chi connectivity index (χ4n) is 8.49. The van der Waals surface area contributed by atoms with Crippen molar-refractivity contribution in [2.75, 3.05) is 13.2 Å². The van der Waals surface area contributed by atoms with Crippen LogP contribution in [0.1, 0.15) is 303 Å². The number of carbonyl (C=O) groups excluding carboxylic acids is 3. The van der Waals surface area contributed by atoms with Gasteiger partial charge in [0.2, 0.25) is 0 Å². The van der Waals surface area contributed by atoms with E-state index in [2.05, 4.69) is 69.4 Å². The predicted molar refractivity (Wildman–Crippen MR) is 289 cm³/mol. The Morgan fingerprint density at radius 2 is 0.582 bits per heavy atom. The van der Waals surface area contributed by atoms with Crippen LogP contribution >= 0.6 is 0 Å². The smallest absolute Gasteiger partial charge is 0.306 e. The molecule has 0 saturated heterocycles. The summed E-state index contributed by atoms with van der Waals surface area (Å²) in [7, 11) is 0. The zero-order valence-electron chi connectivity index (χ0n) is 44.7. The number of ether oxygens (including phenoxy) is 3. The van der Waals surface area contributed by atoms with E-state index < -0.39 is 6.10 Å². The lowest BCUT2D eigenvalue weighted by Gasteiger charge is -2.18. The van der Waals surface area contributed by atoms with E-state index in [4.69, 9.17) is 14.2 Å². The van der Waals surface area contributed by atoms with Crippen LogP contribution in [0.15, 0.2) is 48.6 Å². The standard InChI is InChI=1S/C61H110O6/c1-4-7-10-13-16-19-21-23-25-26-27-28-29-30-31-32-33-34-35-37-38-40-42-45-48-51-54-60(63)66-57-58(56-65-59(62)53-50-47-44-18-15-12-9-6-3)67-61(64)55-52-49-46-43-41-39-36-24-22-20-17-14-11-8-5-2/h8,11,17,20,24,36,41,43,58H,4-7,9-10,12-16,18-19,21-23,25-35,37-40,42,44-57H2,1-3H3/b11-8-,20-17-,36-24-,43-41-. The molecule has 0 aliphatic carbocycles. The molecule has 0 aliphatic heterocycles. The zero-order chi connectivity index (χ0) is 48.6. The minimum absolute atomic E-state index is 0.0863. The topological polar surface area (TPSA) is 78.9 Å².